The normalized spacial score (nSPS) is 42.7. The van der Waals surface area contributed by atoms with Crippen LogP contribution in [0, 0.1) is 23.2 Å². The minimum absolute atomic E-state index is 0.515. The summed E-state index contributed by atoms with van der Waals surface area (Å²) < 4.78 is 5.48. The lowest BCUT2D eigenvalue weighted by molar-refractivity contribution is 0.0627. The van der Waals surface area contributed by atoms with Gasteiger partial charge in [-0.15, -0.1) is 0 Å². The lowest BCUT2D eigenvalue weighted by atomic mass is 9.55. The maximum absolute atomic E-state index is 5.48. The third-order valence-corrected chi connectivity index (χ3v) is 6.64. The first-order chi connectivity index (χ1) is 9.71. The highest BCUT2D eigenvalue weighted by atomic mass is 16.5. The minimum Gasteiger partial charge on any atom is -0.501 e. The summed E-state index contributed by atoms with van der Waals surface area (Å²) in [6.45, 7) is 2.51. The van der Waals surface area contributed by atoms with Crippen LogP contribution >= 0.6 is 0 Å². The van der Waals surface area contributed by atoms with Crippen molar-refractivity contribution in [2.45, 2.75) is 51.9 Å². The second-order valence-corrected chi connectivity index (χ2v) is 7.48. The van der Waals surface area contributed by atoms with Crippen LogP contribution in [0.5, 0.6) is 0 Å². The second-order valence-electron chi connectivity index (χ2n) is 7.48. The predicted octanol–water partition coefficient (Wildman–Crippen LogP) is 5.01. The summed E-state index contributed by atoms with van der Waals surface area (Å²) in [6.07, 6.45) is 16.5. The summed E-state index contributed by atoms with van der Waals surface area (Å²) >= 11 is 0. The molecule has 4 aliphatic rings. The van der Waals surface area contributed by atoms with Gasteiger partial charge in [-0.05, 0) is 67.8 Å². The number of methoxy groups -OCH3 is 1. The van der Waals surface area contributed by atoms with Crippen LogP contribution in [0.15, 0.2) is 35.1 Å². The van der Waals surface area contributed by atoms with Crippen molar-refractivity contribution >= 4 is 0 Å². The number of allylic oxidation sites excluding steroid dienone is 5. The van der Waals surface area contributed by atoms with E-state index in [-0.39, 0.29) is 0 Å². The van der Waals surface area contributed by atoms with E-state index in [2.05, 4.69) is 25.2 Å². The molecule has 0 aliphatic heterocycles. The van der Waals surface area contributed by atoms with E-state index in [1.165, 1.54) is 37.9 Å². The van der Waals surface area contributed by atoms with Crippen molar-refractivity contribution < 1.29 is 4.74 Å². The molecular formula is C19H26O. The summed E-state index contributed by atoms with van der Waals surface area (Å²) in [5, 5.41) is 0. The molecule has 0 radical (unpaired) electrons. The average molecular weight is 270 g/mol. The number of fused-ring (bicyclic) bond motifs is 4. The van der Waals surface area contributed by atoms with Crippen LogP contribution in [0.3, 0.4) is 0 Å². The van der Waals surface area contributed by atoms with E-state index in [1.807, 2.05) is 7.11 Å². The first-order valence-corrected chi connectivity index (χ1v) is 8.33. The molecule has 1 nitrogen and oxygen atoms in total. The molecule has 1 heteroatoms. The molecule has 0 amide bonds. The van der Waals surface area contributed by atoms with Crippen LogP contribution < -0.4 is 0 Å². The van der Waals surface area contributed by atoms with Crippen LogP contribution in [-0.2, 0) is 4.74 Å². The highest BCUT2D eigenvalue weighted by Crippen LogP contribution is 2.58. The van der Waals surface area contributed by atoms with Gasteiger partial charge in [0.2, 0.25) is 0 Å². The fourth-order valence-electron chi connectivity index (χ4n) is 5.53. The molecule has 0 N–H and O–H groups in total. The van der Waals surface area contributed by atoms with Crippen molar-refractivity contribution in [2.24, 2.45) is 23.2 Å². The van der Waals surface area contributed by atoms with E-state index in [9.17, 15) is 0 Å². The average Bonchev–Trinajstić information content (AvgIpc) is 2.88. The molecule has 20 heavy (non-hydrogen) atoms. The van der Waals surface area contributed by atoms with Crippen molar-refractivity contribution in [1.29, 1.82) is 0 Å². The number of hydrogen-bond acceptors (Lipinski definition) is 1. The molecule has 1 saturated carbocycles. The summed E-state index contributed by atoms with van der Waals surface area (Å²) in [6, 6.07) is 0. The Morgan fingerprint density at radius 2 is 2.20 bits per heavy atom. The standard InChI is InChI=1S/C19H26O/c1-19-10-3-4-18(19)17-7-5-13-12-14(20-2)6-8-15(13)16(17)9-11-19/h3,6,10,16-18H,4-5,7-9,11-12H2,1-2H3. The Hall–Kier alpha value is -0.980. The molecule has 0 bridgehead atoms. The van der Waals surface area contributed by atoms with Gasteiger partial charge in [0.05, 0.1) is 12.9 Å². The van der Waals surface area contributed by atoms with E-state index in [1.54, 1.807) is 11.1 Å². The van der Waals surface area contributed by atoms with Gasteiger partial charge in [-0.2, -0.15) is 0 Å². The van der Waals surface area contributed by atoms with E-state index in [0.717, 1.165) is 30.6 Å². The van der Waals surface area contributed by atoms with Crippen molar-refractivity contribution in [1.82, 2.24) is 0 Å². The highest BCUT2D eigenvalue weighted by Gasteiger charge is 2.48. The number of ether oxygens (including phenoxy) is 1. The molecule has 0 aromatic rings. The number of hydrogen-bond donors (Lipinski definition) is 0. The van der Waals surface area contributed by atoms with Crippen molar-refractivity contribution in [3.8, 4) is 0 Å². The van der Waals surface area contributed by atoms with Gasteiger partial charge in [-0.3, -0.25) is 0 Å². The monoisotopic (exact) mass is 270 g/mol. The molecule has 0 aromatic heterocycles. The van der Waals surface area contributed by atoms with E-state index >= 15 is 0 Å². The van der Waals surface area contributed by atoms with Crippen molar-refractivity contribution in [3.05, 3.63) is 35.1 Å². The zero-order valence-electron chi connectivity index (χ0n) is 12.8. The second kappa shape index (κ2) is 4.51. The summed E-state index contributed by atoms with van der Waals surface area (Å²) in [5.74, 6) is 3.94. The Bertz CT molecular complexity index is 510. The summed E-state index contributed by atoms with van der Waals surface area (Å²) in [7, 11) is 1.82. The zero-order chi connectivity index (χ0) is 13.7. The van der Waals surface area contributed by atoms with Crippen LogP contribution in [0.2, 0.25) is 0 Å². The molecule has 0 spiro atoms. The lowest BCUT2D eigenvalue weighted by Crippen LogP contribution is -2.41. The van der Waals surface area contributed by atoms with Crippen molar-refractivity contribution in [3.63, 3.8) is 0 Å². The maximum atomic E-state index is 5.48. The first-order valence-electron chi connectivity index (χ1n) is 8.33. The molecular weight excluding hydrogens is 244 g/mol. The van der Waals surface area contributed by atoms with Crippen LogP contribution in [-0.4, -0.2) is 7.11 Å². The minimum atomic E-state index is 0.515. The molecule has 0 heterocycles. The van der Waals surface area contributed by atoms with E-state index in [4.69, 9.17) is 4.74 Å². The van der Waals surface area contributed by atoms with Crippen LogP contribution in [0.1, 0.15) is 51.9 Å². The van der Waals surface area contributed by atoms with Crippen molar-refractivity contribution in [2.75, 3.05) is 7.11 Å². The molecule has 4 unspecified atom stereocenters. The van der Waals surface area contributed by atoms with Gasteiger partial charge in [0.15, 0.2) is 0 Å². The quantitative estimate of drug-likeness (QED) is 0.609. The van der Waals surface area contributed by atoms with Crippen LogP contribution in [0.25, 0.3) is 0 Å². The van der Waals surface area contributed by atoms with Gasteiger partial charge >= 0.3 is 0 Å². The maximum Gasteiger partial charge on any atom is 0.0959 e. The Balaban J connectivity index is 1.61. The SMILES string of the molecule is COC1=CCC2=C(CCC3C2CCC2(C)C=CCC32)C1. The fourth-order valence-corrected chi connectivity index (χ4v) is 5.53. The third-order valence-electron chi connectivity index (χ3n) is 6.64. The lowest BCUT2D eigenvalue weighted by Gasteiger charge is -2.50. The van der Waals surface area contributed by atoms with E-state index in [0.29, 0.717) is 5.41 Å². The predicted molar refractivity (Wildman–Crippen MR) is 82.2 cm³/mol. The molecule has 4 rings (SSSR count). The van der Waals surface area contributed by atoms with Gasteiger partial charge in [0.25, 0.3) is 0 Å². The molecule has 4 aliphatic carbocycles. The van der Waals surface area contributed by atoms with E-state index < -0.39 is 0 Å². The van der Waals surface area contributed by atoms with Gasteiger partial charge in [0, 0.05) is 6.42 Å². The molecule has 4 atom stereocenters. The first kappa shape index (κ1) is 12.7. The summed E-state index contributed by atoms with van der Waals surface area (Å²) in [5.41, 5.74) is 4.04. The zero-order valence-corrected chi connectivity index (χ0v) is 12.8. The van der Waals surface area contributed by atoms with Gasteiger partial charge in [-0.1, -0.05) is 30.2 Å². The molecule has 0 saturated heterocycles. The topological polar surface area (TPSA) is 9.23 Å². The molecule has 108 valence electrons. The highest BCUT2D eigenvalue weighted by molar-refractivity contribution is 5.33. The van der Waals surface area contributed by atoms with Crippen LogP contribution in [0.4, 0.5) is 0 Å². The third kappa shape index (κ3) is 1.75. The largest absolute Gasteiger partial charge is 0.501 e. The van der Waals surface area contributed by atoms with Gasteiger partial charge < -0.3 is 4.74 Å². The Kier molecular flexibility index (Phi) is 2.87. The fraction of sp³-hybridized carbons (Fsp3) is 0.684. The van der Waals surface area contributed by atoms with Gasteiger partial charge in [-0.25, -0.2) is 0 Å². The summed E-state index contributed by atoms with van der Waals surface area (Å²) in [4.78, 5) is 0. The molecule has 1 fully saturated rings. The Morgan fingerprint density at radius 3 is 3.05 bits per heavy atom. The number of rotatable bonds is 1. The Labute approximate surface area is 122 Å². The Morgan fingerprint density at radius 1 is 1.30 bits per heavy atom. The molecule has 0 aromatic carbocycles. The van der Waals surface area contributed by atoms with Gasteiger partial charge in [0.1, 0.15) is 0 Å². The smallest absolute Gasteiger partial charge is 0.0959 e.